The molecule has 0 aromatic heterocycles. The topological polar surface area (TPSA) is 52.6 Å². The molecule has 200 valence electrons. The molecule has 0 spiro atoms. The maximum Gasteiger partial charge on any atom is 0.419 e. The Morgan fingerprint density at radius 1 is 0.632 bits per heavy atom. The van der Waals surface area contributed by atoms with Crippen LogP contribution in [-0.2, 0) is 34.7 Å². The summed E-state index contributed by atoms with van der Waals surface area (Å²) in [4.78, 5) is 25.4. The normalized spacial score (nSPS) is 17.5. The number of halogens is 8. The molecule has 38 heavy (non-hydrogen) atoms. The Labute approximate surface area is 209 Å². The molecule has 0 fully saturated rings. The number of hydrogen-bond donors (Lipinski definition) is 0. The first-order chi connectivity index (χ1) is 17.7. The van der Waals surface area contributed by atoms with Crippen LogP contribution in [0.1, 0.15) is 43.0 Å². The van der Waals surface area contributed by atoms with Gasteiger partial charge >= 0.3 is 24.3 Å². The fourth-order valence-corrected chi connectivity index (χ4v) is 4.04. The SMILES string of the molecule is O=C(OC1Cc2ccccc2CC1OC(=O)c1ccc(F)c(C(F)(F)F)c1)c1ccc(F)c(C(F)(F)F)c1. The van der Waals surface area contributed by atoms with Crippen LogP contribution >= 0.6 is 0 Å². The molecule has 0 amide bonds. The first-order valence-corrected chi connectivity index (χ1v) is 11.0. The molecule has 0 radical (unpaired) electrons. The highest BCUT2D eigenvalue weighted by molar-refractivity contribution is 5.91. The molecule has 0 heterocycles. The highest BCUT2D eigenvalue weighted by Gasteiger charge is 2.38. The maximum atomic E-state index is 13.6. The second-order valence-corrected chi connectivity index (χ2v) is 8.45. The van der Waals surface area contributed by atoms with Gasteiger partial charge in [-0.3, -0.25) is 0 Å². The number of rotatable bonds is 4. The highest BCUT2D eigenvalue weighted by Crippen LogP contribution is 2.34. The number of fused-ring (bicyclic) bond motifs is 1. The van der Waals surface area contributed by atoms with Crippen molar-refractivity contribution < 1.29 is 54.2 Å². The Morgan fingerprint density at radius 3 is 1.34 bits per heavy atom. The van der Waals surface area contributed by atoms with Crippen LogP contribution in [0.3, 0.4) is 0 Å². The summed E-state index contributed by atoms with van der Waals surface area (Å²) in [6.45, 7) is 0. The van der Waals surface area contributed by atoms with Crippen molar-refractivity contribution in [3.8, 4) is 0 Å². The Hall–Kier alpha value is -3.96. The third kappa shape index (κ3) is 5.79. The predicted octanol–water partition coefficient (Wildman–Crippen LogP) is 6.55. The molecule has 4 rings (SSSR count). The van der Waals surface area contributed by atoms with E-state index in [0.717, 1.165) is 12.1 Å². The number of carbonyl (C=O) groups is 2. The van der Waals surface area contributed by atoms with Gasteiger partial charge in [0.15, 0.2) is 0 Å². The van der Waals surface area contributed by atoms with Crippen LogP contribution in [0.15, 0.2) is 60.7 Å². The number of esters is 2. The second kappa shape index (κ2) is 10.1. The molecule has 2 unspecified atom stereocenters. The van der Waals surface area contributed by atoms with Crippen molar-refractivity contribution in [2.45, 2.75) is 37.4 Å². The van der Waals surface area contributed by atoms with Crippen molar-refractivity contribution in [2.24, 2.45) is 0 Å². The number of benzene rings is 3. The maximum absolute atomic E-state index is 13.6. The second-order valence-electron chi connectivity index (χ2n) is 8.45. The Bertz CT molecular complexity index is 1280. The van der Waals surface area contributed by atoms with E-state index in [1.54, 1.807) is 24.3 Å². The lowest BCUT2D eigenvalue weighted by atomic mass is 9.87. The molecule has 0 saturated heterocycles. The molecule has 0 N–H and O–H groups in total. The molecule has 0 saturated carbocycles. The van der Waals surface area contributed by atoms with Gasteiger partial charge in [0.25, 0.3) is 0 Å². The van der Waals surface area contributed by atoms with Crippen LogP contribution in [0.4, 0.5) is 35.1 Å². The number of carbonyl (C=O) groups excluding carboxylic acids is 2. The lowest BCUT2D eigenvalue weighted by Gasteiger charge is -2.32. The minimum atomic E-state index is -5.08. The van der Waals surface area contributed by atoms with Gasteiger partial charge in [-0.2, -0.15) is 26.3 Å². The molecule has 12 heteroatoms. The molecule has 3 aromatic rings. The Kier molecular flexibility index (Phi) is 7.18. The van der Waals surface area contributed by atoms with Gasteiger partial charge in [0.2, 0.25) is 0 Å². The Morgan fingerprint density at radius 2 is 1.00 bits per heavy atom. The zero-order chi connectivity index (χ0) is 27.8. The lowest BCUT2D eigenvalue weighted by Crippen LogP contribution is -2.41. The van der Waals surface area contributed by atoms with E-state index in [4.69, 9.17) is 9.47 Å². The minimum Gasteiger partial charge on any atom is -0.454 e. The average molecular weight is 544 g/mol. The largest absolute Gasteiger partial charge is 0.454 e. The fraction of sp³-hybridized carbons (Fsp3) is 0.231. The van der Waals surface area contributed by atoms with E-state index in [0.29, 0.717) is 23.3 Å². The summed E-state index contributed by atoms with van der Waals surface area (Å²) >= 11 is 0. The molecule has 3 aromatic carbocycles. The zero-order valence-electron chi connectivity index (χ0n) is 19.0. The first kappa shape index (κ1) is 27.1. The van der Waals surface area contributed by atoms with Crippen molar-refractivity contribution >= 4 is 11.9 Å². The van der Waals surface area contributed by atoms with E-state index in [1.807, 2.05) is 0 Å². The van der Waals surface area contributed by atoms with E-state index in [9.17, 15) is 44.7 Å². The molecule has 4 nitrogen and oxygen atoms in total. The van der Waals surface area contributed by atoms with Gasteiger partial charge in [0, 0.05) is 12.8 Å². The fourth-order valence-electron chi connectivity index (χ4n) is 4.04. The van der Waals surface area contributed by atoms with E-state index < -0.39 is 70.4 Å². The lowest BCUT2D eigenvalue weighted by molar-refractivity contribution is -0.140. The third-order valence-corrected chi connectivity index (χ3v) is 5.91. The summed E-state index contributed by atoms with van der Waals surface area (Å²) < 4.78 is 116. The van der Waals surface area contributed by atoms with Crippen LogP contribution in [0.25, 0.3) is 0 Å². The summed E-state index contributed by atoms with van der Waals surface area (Å²) in [7, 11) is 0. The molecular formula is C26H16F8O4. The van der Waals surface area contributed by atoms with Crippen molar-refractivity contribution in [1.29, 1.82) is 0 Å². The van der Waals surface area contributed by atoms with Gasteiger partial charge in [-0.25, -0.2) is 18.4 Å². The molecular weight excluding hydrogens is 528 g/mol. The van der Waals surface area contributed by atoms with Crippen LogP contribution < -0.4 is 0 Å². The first-order valence-electron chi connectivity index (χ1n) is 11.0. The standard InChI is InChI=1S/C26H16F8O4/c27-19-7-5-15(9-17(19)25(29,30)31)23(35)37-21-11-13-3-1-2-4-14(13)12-22(21)38-24(36)16-6-8-20(28)18(10-16)26(32,33)34/h1-10,21-22H,11-12H2. The van der Waals surface area contributed by atoms with Gasteiger partial charge in [-0.1, -0.05) is 24.3 Å². The molecule has 0 bridgehead atoms. The van der Waals surface area contributed by atoms with Crippen LogP contribution in [0, 0.1) is 11.6 Å². The van der Waals surface area contributed by atoms with E-state index in [-0.39, 0.29) is 25.0 Å². The summed E-state index contributed by atoms with van der Waals surface area (Å²) in [5.74, 6) is -5.71. The summed E-state index contributed by atoms with van der Waals surface area (Å²) in [5.41, 5.74) is -3.24. The van der Waals surface area contributed by atoms with Gasteiger partial charge in [0.1, 0.15) is 23.8 Å². The zero-order valence-corrected chi connectivity index (χ0v) is 19.0. The van der Waals surface area contributed by atoms with Crippen molar-refractivity contribution in [1.82, 2.24) is 0 Å². The molecule has 0 aliphatic heterocycles. The predicted molar refractivity (Wildman–Crippen MR) is 115 cm³/mol. The van der Waals surface area contributed by atoms with E-state index in [2.05, 4.69) is 0 Å². The van der Waals surface area contributed by atoms with E-state index >= 15 is 0 Å². The number of ether oxygens (including phenoxy) is 2. The van der Waals surface area contributed by atoms with Crippen molar-refractivity contribution in [3.63, 3.8) is 0 Å². The molecule has 1 aliphatic rings. The van der Waals surface area contributed by atoms with Crippen LogP contribution in [-0.4, -0.2) is 24.1 Å². The summed E-state index contributed by atoms with van der Waals surface area (Å²) in [6.07, 6.45) is -12.7. The minimum absolute atomic E-state index is 0.0373. The van der Waals surface area contributed by atoms with Gasteiger partial charge in [-0.15, -0.1) is 0 Å². The summed E-state index contributed by atoms with van der Waals surface area (Å²) in [6, 6.07) is 9.79. The van der Waals surface area contributed by atoms with Gasteiger partial charge in [-0.05, 0) is 47.5 Å². The molecule has 2 atom stereocenters. The van der Waals surface area contributed by atoms with E-state index in [1.165, 1.54) is 0 Å². The Balaban J connectivity index is 1.60. The number of hydrogen-bond acceptors (Lipinski definition) is 4. The van der Waals surface area contributed by atoms with Crippen LogP contribution in [0.2, 0.25) is 0 Å². The quantitative estimate of drug-likeness (QED) is 0.276. The third-order valence-electron chi connectivity index (χ3n) is 5.91. The van der Waals surface area contributed by atoms with Crippen molar-refractivity contribution in [2.75, 3.05) is 0 Å². The van der Waals surface area contributed by atoms with Gasteiger partial charge in [0.05, 0.1) is 22.3 Å². The van der Waals surface area contributed by atoms with Crippen molar-refractivity contribution in [3.05, 3.63) is 106 Å². The van der Waals surface area contributed by atoms with Crippen LogP contribution in [0.5, 0.6) is 0 Å². The summed E-state index contributed by atoms with van der Waals surface area (Å²) in [5, 5.41) is 0. The number of alkyl halides is 6. The smallest absolute Gasteiger partial charge is 0.419 e. The monoisotopic (exact) mass is 544 g/mol. The average Bonchev–Trinajstić information content (AvgIpc) is 2.83. The van der Waals surface area contributed by atoms with Gasteiger partial charge < -0.3 is 9.47 Å². The molecule has 1 aliphatic carbocycles. The highest BCUT2D eigenvalue weighted by atomic mass is 19.4.